The molecule has 3 rings (SSSR count). The van der Waals surface area contributed by atoms with Gasteiger partial charge in [-0.05, 0) is 31.5 Å². The summed E-state index contributed by atoms with van der Waals surface area (Å²) < 4.78 is 5.24. The van der Waals surface area contributed by atoms with Crippen molar-refractivity contribution in [3.05, 3.63) is 64.8 Å². The Morgan fingerprint density at radius 1 is 1.13 bits per heavy atom. The van der Waals surface area contributed by atoms with Crippen molar-refractivity contribution in [2.75, 3.05) is 6.61 Å². The van der Waals surface area contributed by atoms with Crippen LogP contribution in [0.4, 0.5) is 0 Å². The van der Waals surface area contributed by atoms with Crippen LogP contribution in [-0.4, -0.2) is 17.6 Å². The van der Waals surface area contributed by atoms with E-state index in [1.165, 1.54) is 0 Å². The number of fused-ring (bicyclic) bond motifs is 1. The maximum atomic E-state index is 12.5. The highest BCUT2D eigenvalue weighted by Crippen LogP contribution is 2.37. The molecule has 0 radical (unpaired) electrons. The van der Waals surface area contributed by atoms with Gasteiger partial charge in [-0.15, -0.1) is 0 Å². The lowest BCUT2D eigenvalue weighted by Gasteiger charge is -2.15. The van der Waals surface area contributed by atoms with E-state index in [1.54, 1.807) is 6.92 Å². The van der Waals surface area contributed by atoms with Crippen LogP contribution in [0.25, 0.3) is 22.0 Å². The Morgan fingerprint density at radius 2 is 1.87 bits per heavy atom. The molecule has 0 bridgehead atoms. The lowest BCUT2D eigenvalue weighted by molar-refractivity contribution is 0.0526. The molecule has 1 heterocycles. The van der Waals surface area contributed by atoms with Gasteiger partial charge in [0.2, 0.25) is 0 Å². The smallest absolute Gasteiger partial charge is 0.340 e. The third kappa shape index (κ3) is 2.80. The molecule has 0 atom stereocenters. The Bertz CT molecular complexity index is 875. The van der Waals surface area contributed by atoms with E-state index >= 15 is 0 Å². The van der Waals surface area contributed by atoms with Gasteiger partial charge in [-0.25, -0.2) is 4.79 Å². The molecule has 0 amide bonds. The number of pyridine rings is 1. The van der Waals surface area contributed by atoms with Crippen LogP contribution >= 0.6 is 11.6 Å². The van der Waals surface area contributed by atoms with Crippen LogP contribution in [0.1, 0.15) is 23.0 Å². The molecule has 0 aliphatic rings. The summed E-state index contributed by atoms with van der Waals surface area (Å²) >= 11 is 6.43. The summed E-state index contributed by atoms with van der Waals surface area (Å²) in [6.45, 7) is 3.92. The van der Waals surface area contributed by atoms with Crippen molar-refractivity contribution in [3.8, 4) is 11.1 Å². The number of carbonyl (C=O) groups excluding carboxylic acids is 1. The third-order valence-electron chi connectivity index (χ3n) is 3.68. The van der Waals surface area contributed by atoms with E-state index in [0.717, 1.165) is 22.0 Å². The van der Waals surface area contributed by atoms with Gasteiger partial charge >= 0.3 is 5.97 Å². The van der Waals surface area contributed by atoms with Gasteiger partial charge in [-0.2, -0.15) is 0 Å². The number of aromatic nitrogens is 1. The molecule has 0 saturated carbocycles. The quantitative estimate of drug-likeness (QED) is 0.633. The number of carbonyl (C=O) groups is 1. The van der Waals surface area contributed by atoms with Crippen molar-refractivity contribution in [1.29, 1.82) is 0 Å². The van der Waals surface area contributed by atoms with Crippen LogP contribution in [0, 0.1) is 6.92 Å². The van der Waals surface area contributed by atoms with Crippen LogP contribution in [0.15, 0.2) is 48.5 Å². The number of benzene rings is 2. The Hall–Kier alpha value is -2.39. The second-order valence-corrected chi connectivity index (χ2v) is 5.57. The Kier molecular flexibility index (Phi) is 4.30. The minimum Gasteiger partial charge on any atom is -0.462 e. The molecule has 3 nitrogen and oxygen atoms in total. The van der Waals surface area contributed by atoms with Gasteiger partial charge in [-0.3, -0.25) is 4.98 Å². The summed E-state index contributed by atoms with van der Waals surface area (Å²) in [7, 11) is 0. The zero-order valence-corrected chi connectivity index (χ0v) is 13.7. The number of nitrogens with zero attached hydrogens (tertiary/aromatic N) is 1. The van der Waals surface area contributed by atoms with Crippen molar-refractivity contribution >= 4 is 28.5 Å². The fourth-order valence-corrected chi connectivity index (χ4v) is 3.01. The van der Waals surface area contributed by atoms with Crippen molar-refractivity contribution in [1.82, 2.24) is 4.98 Å². The molecule has 0 unspecified atom stereocenters. The second kappa shape index (κ2) is 6.39. The number of aryl methyl sites for hydroxylation is 1. The maximum absolute atomic E-state index is 12.5. The molecule has 0 aliphatic heterocycles. The fourth-order valence-electron chi connectivity index (χ4n) is 2.74. The van der Waals surface area contributed by atoms with Crippen LogP contribution in [0.2, 0.25) is 5.02 Å². The van der Waals surface area contributed by atoms with Crippen molar-refractivity contribution < 1.29 is 9.53 Å². The van der Waals surface area contributed by atoms with Gasteiger partial charge in [-0.1, -0.05) is 48.0 Å². The van der Waals surface area contributed by atoms with Crippen LogP contribution < -0.4 is 0 Å². The van der Waals surface area contributed by atoms with E-state index in [1.807, 2.05) is 55.5 Å². The van der Waals surface area contributed by atoms with Crippen molar-refractivity contribution in [3.63, 3.8) is 0 Å². The molecule has 0 N–H and O–H groups in total. The number of esters is 1. The summed E-state index contributed by atoms with van der Waals surface area (Å²) in [6, 6.07) is 15.3. The molecular weight excluding hydrogens is 310 g/mol. The van der Waals surface area contributed by atoms with Gasteiger partial charge in [0.1, 0.15) is 0 Å². The van der Waals surface area contributed by atoms with Gasteiger partial charge < -0.3 is 4.74 Å². The normalized spacial score (nSPS) is 10.7. The van der Waals surface area contributed by atoms with E-state index in [2.05, 4.69) is 4.98 Å². The minimum atomic E-state index is -0.377. The summed E-state index contributed by atoms with van der Waals surface area (Å²) in [6.07, 6.45) is 0. The largest absolute Gasteiger partial charge is 0.462 e. The first-order valence-corrected chi connectivity index (χ1v) is 7.82. The van der Waals surface area contributed by atoms with E-state index in [0.29, 0.717) is 22.9 Å². The summed E-state index contributed by atoms with van der Waals surface area (Å²) in [5.41, 5.74) is 3.56. The SMILES string of the molecule is CCOC(=O)c1c(C)nc2cccc(Cl)c2c1-c1ccccc1. The third-order valence-corrected chi connectivity index (χ3v) is 4.00. The summed E-state index contributed by atoms with van der Waals surface area (Å²) in [5, 5.41) is 1.34. The molecule has 2 aromatic carbocycles. The Balaban J connectivity index is 2.44. The monoisotopic (exact) mass is 325 g/mol. The van der Waals surface area contributed by atoms with E-state index in [9.17, 15) is 4.79 Å². The molecule has 116 valence electrons. The molecule has 0 aliphatic carbocycles. The average molecular weight is 326 g/mol. The van der Waals surface area contributed by atoms with Gasteiger partial charge in [0.25, 0.3) is 0 Å². The molecule has 1 aromatic heterocycles. The highest BCUT2D eigenvalue weighted by atomic mass is 35.5. The standard InChI is InChI=1S/C19H16ClNO2/c1-3-23-19(22)16-12(2)21-15-11-7-10-14(20)18(15)17(16)13-8-5-4-6-9-13/h4-11H,3H2,1-2H3. The number of hydrogen-bond donors (Lipinski definition) is 0. The fraction of sp³-hybridized carbons (Fsp3) is 0.158. The number of halogens is 1. The van der Waals surface area contributed by atoms with Gasteiger partial charge in [0, 0.05) is 10.9 Å². The number of ether oxygens (including phenoxy) is 1. The zero-order valence-electron chi connectivity index (χ0n) is 13.0. The van der Waals surface area contributed by atoms with E-state index < -0.39 is 0 Å². The first-order chi connectivity index (χ1) is 11.1. The molecular formula is C19H16ClNO2. The predicted octanol–water partition coefficient (Wildman–Crippen LogP) is 5.04. The van der Waals surface area contributed by atoms with Crippen LogP contribution in [-0.2, 0) is 4.74 Å². The lowest BCUT2D eigenvalue weighted by Crippen LogP contribution is -2.10. The van der Waals surface area contributed by atoms with Crippen molar-refractivity contribution in [2.45, 2.75) is 13.8 Å². The van der Waals surface area contributed by atoms with E-state index in [-0.39, 0.29) is 5.97 Å². The number of hydrogen-bond acceptors (Lipinski definition) is 3. The van der Waals surface area contributed by atoms with Gasteiger partial charge in [0.15, 0.2) is 0 Å². The van der Waals surface area contributed by atoms with E-state index in [4.69, 9.17) is 16.3 Å². The topological polar surface area (TPSA) is 39.2 Å². The first-order valence-electron chi connectivity index (χ1n) is 7.44. The first kappa shape index (κ1) is 15.5. The molecule has 0 saturated heterocycles. The zero-order chi connectivity index (χ0) is 16.4. The highest BCUT2D eigenvalue weighted by molar-refractivity contribution is 6.37. The highest BCUT2D eigenvalue weighted by Gasteiger charge is 2.22. The van der Waals surface area contributed by atoms with Crippen molar-refractivity contribution in [2.24, 2.45) is 0 Å². The molecule has 0 fully saturated rings. The average Bonchev–Trinajstić information content (AvgIpc) is 2.54. The second-order valence-electron chi connectivity index (χ2n) is 5.17. The lowest BCUT2D eigenvalue weighted by atomic mass is 9.94. The summed E-state index contributed by atoms with van der Waals surface area (Å²) in [5.74, 6) is -0.377. The molecule has 23 heavy (non-hydrogen) atoms. The maximum Gasteiger partial charge on any atom is 0.340 e. The molecule has 4 heteroatoms. The van der Waals surface area contributed by atoms with Crippen LogP contribution in [0.3, 0.4) is 0 Å². The number of rotatable bonds is 3. The Morgan fingerprint density at radius 3 is 2.57 bits per heavy atom. The van der Waals surface area contributed by atoms with Crippen LogP contribution in [0.5, 0.6) is 0 Å². The predicted molar refractivity (Wildman–Crippen MR) is 92.9 cm³/mol. The molecule has 0 spiro atoms. The molecule has 3 aromatic rings. The Labute approximate surface area is 139 Å². The van der Waals surface area contributed by atoms with Gasteiger partial charge in [0.05, 0.1) is 28.4 Å². The minimum absolute atomic E-state index is 0.313. The summed E-state index contributed by atoms with van der Waals surface area (Å²) in [4.78, 5) is 17.0.